The van der Waals surface area contributed by atoms with E-state index in [2.05, 4.69) is 25.3 Å². The highest BCUT2D eigenvalue weighted by Gasteiger charge is 2.12. The molecule has 10 heteroatoms. The van der Waals surface area contributed by atoms with Gasteiger partial charge in [-0.3, -0.25) is 4.99 Å². The maximum Gasteiger partial charge on any atom is 0.387 e. The van der Waals surface area contributed by atoms with Gasteiger partial charge in [0.05, 0.1) is 18.8 Å². The molecule has 0 unspecified atom stereocenters. The van der Waals surface area contributed by atoms with Crippen LogP contribution in [0.4, 0.5) is 8.78 Å². The number of hydrogen-bond donors (Lipinski definition) is 2. The number of oxazole rings is 1. The van der Waals surface area contributed by atoms with Gasteiger partial charge < -0.3 is 24.5 Å². The van der Waals surface area contributed by atoms with E-state index >= 15 is 0 Å². The van der Waals surface area contributed by atoms with Crippen LogP contribution in [-0.4, -0.2) is 31.2 Å². The average molecular weight is 572 g/mol. The standard InChI is InChI=1S/C23H26F2N4O3.HI/c1-4-30-20-11-16(7-10-19(20)32-22(24)25)12-27-23(26-3)28-13-18-14-31-21(29-18)17-8-5-15(2)6-9-17;/h5-11,14,22H,4,12-13H2,1-3H3,(H2,26,27,28);1H. The van der Waals surface area contributed by atoms with Crippen molar-refractivity contribution in [1.82, 2.24) is 15.6 Å². The van der Waals surface area contributed by atoms with Gasteiger partial charge in [-0.2, -0.15) is 8.78 Å². The van der Waals surface area contributed by atoms with Gasteiger partial charge in [0.1, 0.15) is 6.26 Å². The number of benzene rings is 2. The van der Waals surface area contributed by atoms with E-state index in [1.165, 1.54) is 11.6 Å². The molecule has 0 amide bonds. The van der Waals surface area contributed by atoms with E-state index in [1.807, 2.05) is 31.2 Å². The van der Waals surface area contributed by atoms with Gasteiger partial charge in [-0.15, -0.1) is 24.0 Å². The summed E-state index contributed by atoms with van der Waals surface area (Å²) in [5.41, 5.74) is 3.63. The number of hydrogen-bond acceptors (Lipinski definition) is 5. The predicted molar refractivity (Wildman–Crippen MR) is 133 cm³/mol. The normalized spacial score (nSPS) is 11.2. The molecular weight excluding hydrogens is 545 g/mol. The molecule has 0 atom stereocenters. The number of nitrogens with zero attached hydrogens (tertiary/aromatic N) is 2. The molecule has 1 heterocycles. The van der Waals surface area contributed by atoms with Gasteiger partial charge in [0.2, 0.25) is 5.89 Å². The van der Waals surface area contributed by atoms with E-state index in [0.717, 1.165) is 16.8 Å². The summed E-state index contributed by atoms with van der Waals surface area (Å²) >= 11 is 0. The molecule has 0 aliphatic carbocycles. The maximum absolute atomic E-state index is 12.6. The molecule has 3 rings (SSSR count). The molecule has 178 valence electrons. The first kappa shape index (κ1) is 26.4. The zero-order valence-corrected chi connectivity index (χ0v) is 20.9. The first-order valence-corrected chi connectivity index (χ1v) is 10.1. The second kappa shape index (κ2) is 13.0. The number of rotatable bonds is 9. The van der Waals surface area contributed by atoms with Crippen LogP contribution in [0.25, 0.3) is 11.5 Å². The van der Waals surface area contributed by atoms with Crippen LogP contribution < -0.4 is 20.1 Å². The minimum atomic E-state index is -2.91. The van der Waals surface area contributed by atoms with Crippen molar-refractivity contribution in [3.63, 3.8) is 0 Å². The largest absolute Gasteiger partial charge is 0.490 e. The highest BCUT2D eigenvalue weighted by atomic mass is 127. The highest BCUT2D eigenvalue weighted by molar-refractivity contribution is 14.0. The molecule has 0 spiro atoms. The van der Waals surface area contributed by atoms with Crippen LogP contribution in [0.2, 0.25) is 0 Å². The van der Waals surface area contributed by atoms with Gasteiger partial charge in [0.15, 0.2) is 17.5 Å². The number of ether oxygens (including phenoxy) is 2. The average Bonchev–Trinajstić information content (AvgIpc) is 3.25. The second-order valence-electron chi connectivity index (χ2n) is 6.88. The highest BCUT2D eigenvalue weighted by Crippen LogP contribution is 2.29. The summed E-state index contributed by atoms with van der Waals surface area (Å²) in [5.74, 6) is 1.37. The van der Waals surface area contributed by atoms with Crippen LogP contribution in [0.15, 0.2) is 58.1 Å². The number of aromatic nitrogens is 1. The molecule has 0 aliphatic heterocycles. The molecule has 0 bridgehead atoms. The van der Waals surface area contributed by atoms with Crippen LogP contribution in [0.3, 0.4) is 0 Å². The zero-order chi connectivity index (χ0) is 22.9. The first-order valence-electron chi connectivity index (χ1n) is 10.1. The molecule has 1 aromatic heterocycles. The van der Waals surface area contributed by atoms with Crippen molar-refractivity contribution in [2.75, 3.05) is 13.7 Å². The molecule has 33 heavy (non-hydrogen) atoms. The zero-order valence-electron chi connectivity index (χ0n) is 18.6. The summed E-state index contributed by atoms with van der Waals surface area (Å²) in [6, 6.07) is 12.8. The Morgan fingerprint density at radius 1 is 1.09 bits per heavy atom. The molecule has 0 saturated carbocycles. The lowest BCUT2D eigenvalue weighted by Gasteiger charge is -2.14. The summed E-state index contributed by atoms with van der Waals surface area (Å²) in [6.07, 6.45) is 1.60. The lowest BCUT2D eigenvalue weighted by atomic mass is 10.1. The third-order valence-corrected chi connectivity index (χ3v) is 4.49. The summed E-state index contributed by atoms with van der Waals surface area (Å²) < 4.78 is 40.6. The molecule has 0 aliphatic rings. The van der Waals surface area contributed by atoms with Gasteiger partial charge >= 0.3 is 6.61 Å². The number of aliphatic imine (C=N–C) groups is 1. The van der Waals surface area contributed by atoms with Crippen molar-refractivity contribution in [1.29, 1.82) is 0 Å². The molecular formula is C23H27F2IN4O3. The minimum Gasteiger partial charge on any atom is -0.490 e. The summed E-state index contributed by atoms with van der Waals surface area (Å²) in [6.45, 7) is 2.04. The predicted octanol–water partition coefficient (Wildman–Crippen LogP) is 5.13. The molecule has 0 radical (unpaired) electrons. The van der Waals surface area contributed by atoms with Crippen LogP contribution in [0.1, 0.15) is 23.7 Å². The van der Waals surface area contributed by atoms with Crippen LogP contribution in [0, 0.1) is 6.92 Å². The number of alkyl halides is 2. The third kappa shape index (κ3) is 7.88. The van der Waals surface area contributed by atoms with Gasteiger partial charge in [-0.1, -0.05) is 23.8 Å². The Hall–Kier alpha value is -2.89. The quantitative estimate of drug-likeness (QED) is 0.210. The Morgan fingerprint density at radius 3 is 2.48 bits per heavy atom. The molecule has 2 N–H and O–H groups in total. The number of aryl methyl sites for hydroxylation is 1. The van der Waals surface area contributed by atoms with Crippen LogP contribution in [0.5, 0.6) is 11.5 Å². The molecule has 7 nitrogen and oxygen atoms in total. The SMILES string of the molecule is CCOc1cc(CNC(=NC)NCc2coc(-c3ccc(C)cc3)n2)ccc1OC(F)F.I. The summed E-state index contributed by atoms with van der Waals surface area (Å²) in [4.78, 5) is 8.69. The van der Waals surface area contributed by atoms with Crippen LogP contribution in [-0.2, 0) is 13.1 Å². The topological polar surface area (TPSA) is 80.9 Å². The molecule has 2 aromatic carbocycles. The fourth-order valence-electron chi connectivity index (χ4n) is 2.92. The number of nitrogens with one attached hydrogen (secondary N) is 2. The lowest BCUT2D eigenvalue weighted by molar-refractivity contribution is -0.0514. The van der Waals surface area contributed by atoms with Crippen molar-refractivity contribution in [2.24, 2.45) is 4.99 Å². The monoisotopic (exact) mass is 572 g/mol. The number of halogens is 3. The fourth-order valence-corrected chi connectivity index (χ4v) is 2.92. The summed E-state index contributed by atoms with van der Waals surface area (Å²) in [5, 5.41) is 6.33. The van der Waals surface area contributed by atoms with Crippen molar-refractivity contribution in [3.8, 4) is 23.0 Å². The minimum absolute atomic E-state index is 0. The Labute approximate surface area is 208 Å². The van der Waals surface area contributed by atoms with Crippen molar-refractivity contribution < 1.29 is 22.7 Å². The van der Waals surface area contributed by atoms with E-state index in [9.17, 15) is 8.78 Å². The Kier molecular flexibility index (Phi) is 10.4. The van der Waals surface area contributed by atoms with Crippen molar-refractivity contribution >= 4 is 29.9 Å². The lowest BCUT2D eigenvalue weighted by Crippen LogP contribution is -2.36. The second-order valence-corrected chi connectivity index (χ2v) is 6.88. The van der Waals surface area contributed by atoms with Gasteiger partial charge in [0, 0.05) is 19.2 Å². The number of guanidine groups is 1. The maximum atomic E-state index is 12.6. The van der Waals surface area contributed by atoms with Crippen molar-refractivity contribution in [2.45, 2.75) is 33.5 Å². The van der Waals surface area contributed by atoms with Gasteiger partial charge in [-0.25, -0.2) is 4.98 Å². The first-order chi connectivity index (χ1) is 15.5. The van der Waals surface area contributed by atoms with E-state index in [-0.39, 0.29) is 35.5 Å². The summed E-state index contributed by atoms with van der Waals surface area (Å²) in [7, 11) is 1.65. The molecule has 3 aromatic rings. The van der Waals surface area contributed by atoms with Gasteiger partial charge in [0.25, 0.3) is 0 Å². The van der Waals surface area contributed by atoms with E-state index in [4.69, 9.17) is 9.15 Å². The van der Waals surface area contributed by atoms with Crippen LogP contribution >= 0.6 is 24.0 Å². The van der Waals surface area contributed by atoms with E-state index < -0.39 is 6.61 Å². The van der Waals surface area contributed by atoms with E-state index in [1.54, 1.807) is 32.4 Å². The molecule has 0 fully saturated rings. The Bertz CT molecular complexity index is 1040. The Morgan fingerprint density at radius 2 is 1.82 bits per heavy atom. The van der Waals surface area contributed by atoms with Gasteiger partial charge in [-0.05, 0) is 43.7 Å². The third-order valence-electron chi connectivity index (χ3n) is 4.49. The van der Waals surface area contributed by atoms with E-state index in [0.29, 0.717) is 31.5 Å². The smallest absolute Gasteiger partial charge is 0.387 e. The molecule has 0 saturated heterocycles. The Balaban J connectivity index is 0.00000385. The van der Waals surface area contributed by atoms with Crippen molar-refractivity contribution in [3.05, 3.63) is 65.5 Å². The fraction of sp³-hybridized carbons (Fsp3) is 0.304.